The van der Waals surface area contributed by atoms with Crippen molar-refractivity contribution in [2.24, 2.45) is 5.92 Å². The van der Waals surface area contributed by atoms with Crippen LogP contribution in [0, 0.1) is 12.8 Å². The van der Waals surface area contributed by atoms with Gasteiger partial charge in [-0.15, -0.1) is 0 Å². The molecule has 236 valence electrons. The van der Waals surface area contributed by atoms with Crippen LogP contribution in [-0.4, -0.2) is 67.7 Å². The Balaban J connectivity index is 1.04. The Labute approximate surface area is 263 Å². The summed E-state index contributed by atoms with van der Waals surface area (Å²) in [4.78, 5) is 23.7. The van der Waals surface area contributed by atoms with E-state index in [2.05, 4.69) is 82.8 Å². The monoisotopic (exact) mass is 596 g/mol. The molecule has 3 saturated heterocycles. The van der Waals surface area contributed by atoms with Gasteiger partial charge in [-0.1, -0.05) is 68.7 Å². The molecule has 2 unspecified atom stereocenters. The topological polar surface area (TPSA) is 61.6 Å². The molecule has 3 aromatic rings. The number of rotatable bonds is 8. The molecule has 0 radical (unpaired) electrons. The predicted molar refractivity (Wildman–Crippen MR) is 177 cm³/mol. The Hall–Kier alpha value is -2.70. The molecule has 1 aromatic heterocycles. The molecule has 2 aromatic carbocycles. The molecule has 6 nitrogen and oxygen atoms in total. The Morgan fingerprint density at radius 3 is 2.25 bits per heavy atom. The number of benzene rings is 2. The van der Waals surface area contributed by atoms with Crippen LogP contribution in [0.3, 0.4) is 0 Å². The number of carbonyl (C=O) groups is 1. The van der Waals surface area contributed by atoms with Crippen molar-refractivity contribution in [3.63, 3.8) is 0 Å². The van der Waals surface area contributed by atoms with Gasteiger partial charge in [-0.25, -0.2) is 4.98 Å². The lowest BCUT2D eigenvalue weighted by Crippen LogP contribution is -2.53. The molecular weight excluding hydrogens is 544 g/mol. The molecule has 6 heteroatoms. The normalized spacial score (nSPS) is 27.4. The van der Waals surface area contributed by atoms with E-state index in [0.29, 0.717) is 18.1 Å². The highest BCUT2D eigenvalue weighted by atomic mass is 16.3. The van der Waals surface area contributed by atoms with Crippen LogP contribution in [0.25, 0.3) is 11.0 Å². The summed E-state index contributed by atoms with van der Waals surface area (Å²) in [6, 6.07) is 21.6. The number of amides is 1. The van der Waals surface area contributed by atoms with Crippen LogP contribution in [0.5, 0.6) is 0 Å². The van der Waals surface area contributed by atoms with Crippen LogP contribution < -0.4 is 0 Å². The first-order chi connectivity index (χ1) is 21.4. The number of aliphatic hydroxyl groups is 1. The maximum Gasteiger partial charge on any atom is 0.228 e. The number of imidazole rings is 1. The Bertz CT molecular complexity index is 1420. The second-order valence-electron chi connectivity index (χ2n) is 14.6. The fourth-order valence-electron chi connectivity index (χ4n) is 9.94. The van der Waals surface area contributed by atoms with Crippen molar-refractivity contribution in [3.05, 3.63) is 66.0 Å². The van der Waals surface area contributed by atoms with E-state index in [1.807, 2.05) is 0 Å². The first kappa shape index (κ1) is 30.0. The third kappa shape index (κ3) is 5.40. The largest absolute Gasteiger partial charge is 0.389 e. The zero-order chi connectivity index (χ0) is 30.3. The second-order valence-corrected chi connectivity index (χ2v) is 14.6. The molecule has 0 spiro atoms. The van der Waals surface area contributed by atoms with Gasteiger partial charge < -0.3 is 14.6 Å². The van der Waals surface area contributed by atoms with E-state index in [0.717, 1.165) is 82.3 Å². The number of fused-ring (bicyclic) bond motifs is 3. The lowest BCUT2D eigenvalue weighted by Gasteiger charge is -2.47. The molecule has 4 heterocycles. The van der Waals surface area contributed by atoms with Gasteiger partial charge in [-0.2, -0.15) is 0 Å². The highest BCUT2D eigenvalue weighted by molar-refractivity contribution is 5.80. The Kier molecular flexibility index (Phi) is 8.34. The Morgan fingerprint density at radius 1 is 0.909 bits per heavy atom. The molecule has 4 aliphatic rings. The van der Waals surface area contributed by atoms with Gasteiger partial charge in [-0.3, -0.25) is 9.69 Å². The van der Waals surface area contributed by atoms with Crippen molar-refractivity contribution >= 4 is 16.9 Å². The lowest BCUT2D eigenvalue weighted by molar-refractivity contribution is -0.150. The molecule has 2 bridgehead atoms. The number of para-hydroxylation sites is 2. The van der Waals surface area contributed by atoms with Gasteiger partial charge in [0, 0.05) is 31.2 Å². The van der Waals surface area contributed by atoms with Crippen LogP contribution in [0.15, 0.2) is 54.6 Å². The van der Waals surface area contributed by atoms with Gasteiger partial charge in [0.25, 0.3) is 0 Å². The summed E-state index contributed by atoms with van der Waals surface area (Å²) in [5.41, 5.74) is 3.12. The molecule has 7 rings (SSSR count). The van der Waals surface area contributed by atoms with E-state index in [1.165, 1.54) is 43.2 Å². The molecule has 4 atom stereocenters. The van der Waals surface area contributed by atoms with Gasteiger partial charge >= 0.3 is 0 Å². The average molecular weight is 597 g/mol. The number of likely N-dealkylation sites (tertiary alicyclic amines) is 1. The number of hydrogen-bond acceptors (Lipinski definition) is 4. The third-order valence-corrected chi connectivity index (χ3v) is 12.3. The Morgan fingerprint density at radius 2 is 1.57 bits per heavy atom. The number of hydrogen-bond donors (Lipinski definition) is 1. The first-order valence-electron chi connectivity index (χ1n) is 17.7. The van der Waals surface area contributed by atoms with Crippen molar-refractivity contribution in [1.29, 1.82) is 0 Å². The van der Waals surface area contributed by atoms with Crippen LogP contribution in [-0.2, 0) is 10.2 Å². The summed E-state index contributed by atoms with van der Waals surface area (Å²) < 4.78 is 2.53. The van der Waals surface area contributed by atoms with Crippen molar-refractivity contribution in [2.75, 3.05) is 19.6 Å². The van der Waals surface area contributed by atoms with Gasteiger partial charge in [0.1, 0.15) is 5.82 Å². The molecule has 1 amide bonds. The predicted octanol–water partition coefficient (Wildman–Crippen LogP) is 7.18. The quantitative estimate of drug-likeness (QED) is 0.299. The van der Waals surface area contributed by atoms with Gasteiger partial charge in [0.05, 0.1) is 22.6 Å². The first-order valence-corrected chi connectivity index (χ1v) is 17.7. The molecule has 3 aliphatic heterocycles. The highest BCUT2D eigenvalue weighted by Crippen LogP contribution is 2.46. The van der Waals surface area contributed by atoms with Crippen LogP contribution in [0.2, 0.25) is 0 Å². The van der Waals surface area contributed by atoms with Gasteiger partial charge in [0.15, 0.2) is 0 Å². The zero-order valence-corrected chi connectivity index (χ0v) is 27.0. The second kappa shape index (κ2) is 12.2. The number of aromatic nitrogens is 2. The molecule has 1 aliphatic carbocycles. The number of carbonyl (C=O) groups excluding carboxylic acids is 1. The average Bonchev–Trinajstić information content (AvgIpc) is 3.51. The molecule has 4 fully saturated rings. The summed E-state index contributed by atoms with van der Waals surface area (Å²) in [5.74, 6) is 1.08. The summed E-state index contributed by atoms with van der Waals surface area (Å²) >= 11 is 0. The minimum Gasteiger partial charge on any atom is -0.389 e. The van der Waals surface area contributed by atoms with E-state index in [1.54, 1.807) is 0 Å². The number of nitrogens with zero attached hydrogens (tertiary/aromatic N) is 4. The zero-order valence-electron chi connectivity index (χ0n) is 27.0. The summed E-state index contributed by atoms with van der Waals surface area (Å²) in [5, 5.41) is 11.5. The van der Waals surface area contributed by atoms with E-state index < -0.39 is 5.60 Å². The van der Waals surface area contributed by atoms with E-state index in [4.69, 9.17) is 4.98 Å². The minimum atomic E-state index is -0.814. The van der Waals surface area contributed by atoms with Crippen molar-refractivity contribution < 1.29 is 9.90 Å². The molecule has 1 N–H and O–H groups in total. The summed E-state index contributed by atoms with van der Waals surface area (Å²) in [6.45, 7) is 6.98. The fourth-order valence-corrected chi connectivity index (χ4v) is 9.94. The van der Waals surface area contributed by atoms with Crippen LogP contribution in [0.4, 0.5) is 0 Å². The van der Waals surface area contributed by atoms with Crippen LogP contribution in [0.1, 0.15) is 108 Å². The number of piperidine rings is 2. The van der Waals surface area contributed by atoms with E-state index >= 15 is 0 Å². The maximum absolute atomic E-state index is 13.9. The van der Waals surface area contributed by atoms with Crippen molar-refractivity contribution in [2.45, 2.75) is 126 Å². The van der Waals surface area contributed by atoms with Crippen molar-refractivity contribution in [3.8, 4) is 0 Å². The molecule has 1 saturated carbocycles. The van der Waals surface area contributed by atoms with Crippen molar-refractivity contribution in [1.82, 2.24) is 19.4 Å². The van der Waals surface area contributed by atoms with Gasteiger partial charge in [-0.05, 0) is 101 Å². The lowest BCUT2D eigenvalue weighted by atomic mass is 9.69. The minimum absolute atomic E-state index is 0.0922. The maximum atomic E-state index is 13.9. The van der Waals surface area contributed by atoms with E-state index in [9.17, 15) is 9.90 Å². The molecular formula is C38H52N4O2. The third-order valence-electron chi connectivity index (χ3n) is 12.3. The molecule has 44 heavy (non-hydrogen) atoms. The fraction of sp³-hybridized carbons (Fsp3) is 0.632. The summed E-state index contributed by atoms with van der Waals surface area (Å²) in [7, 11) is 0. The smallest absolute Gasteiger partial charge is 0.228 e. The number of aryl methyl sites for hydroxylation is 1. The SMILES string of the molecule is CCC(C(=O)N1CCC(CCN2[C@@H]3CC[C@H]2CC(n2c(C)nc4ccccc42)C3)(c2ccccc2)CC1)C1(O)CCCCC1. The standard InChI is InChI=1S/C38H52N4O2/c1-3-33(38(44)18-10-5-11-19-38)36(43)40-23-20-37(21-24-40,29-12-6-4-7-13-29)22-25-41-30-16-17-31(41)27-32(26-30)42-28(2)39-34-14-8-9-15-35(34)42/h4,6-9,12-15,30-33,44H,3,5,10-11,16-27H2,1-2H3/t30-,31+,32?,33?. The highest BCUT2D eigenvalue weighted by Gasteiger charge is 2.46. The van der Waals surface area contributed by atoms with E-state index in [-0.39, 0.29) is 17.2 Å². The van der Waals surface area contributed by atoms with Gasteiger partial charge in [0.2, 0.25) is 5.91 Å². The van der Waals surface area contributed by atoms with Crippen LogP contribution >= 0.6 is 0 Å². The summed E-state index contributed by atoms with van der Waals surface area (Å²) in [6.07, 6.45) is 13.7.